The monoisotopic (exact) mass is 561 g/mol. The van der Waals surface area contributed by atoms with Crippen LogP contribution in [-0.4, -0.2) is 19.4 Å². The van der Waals surface area contributed by atoms with Crippen LogP contribution >= 0.6 is 0 Å². The molecular formula is C37H68O3. The lowest BCUT2D eigenvalue weighted by Crippen LogP contribution is -2.09. The average Bonchev–Trinajstić information content (AvgIpc) is 2.96. The van der Waals surface area contributed by atoms with Crippen LogP contribution in [0.2, 0.25) is 0 Å². The highest BCUT2D eigenvalue weighted by Crippen LogP contribution is 2.11. The zero-order valence-corrected chi connectivity index (χ0v) is 27.0. The number of carbonyl (C=O) groups excluding carboxylic acids is 1. The Morgan fingerprint density at radius 2 is 0.700 bits per heavy atom. The fraction of sp³-hybridized carbons (Fsp3) is 0.811. The highest BCUT2D eigenvalue weighted by molar-refractivity contribution is 5.59. The molecule has 0 saturated carbocycles. The number of carbonyl (C=O) groups is 1. The van der Waals surface area contributed by atoms with Gasteiger partial charge >= 0.3 is 6.16 Å². The van der Waals surface area contributed by atoms with E-state index < -0.39 is 6.16 Å². The van der Waals surface area contributed by atoms with E-state index in [2.05, 4.69) is 50.3 Å². The van der Waals surface area contributed by atoms with Crippen molar-refractivity contribution in [1.29, 1.82) is 0 Å². The Kier molecular flexibility index (Phi) is 34.2. The molecule has 0 fully saturated rings. The molecule has 3 heteroatoms. The third-order valence-electron chi connectivity index (χ3n) is 7.44. The Labute approximate surface area is 250 Å². The maximum atomic E-state index is 11.7. The zero-order chi connectivity index (χ0) is 29.0. The van der Waals surface area contributed by atoms with Crippen molar-refractivity contribution in [3.63, 3.8) is 0 Å². The number of unbranched alkanes of at least 4 members (excludes halogenated alkanes) is 21. The van der Waals surface area contributed by atoms with E-state index in [1.165, 1.54) is 135 Å². The third kappa shape index (κ3) is 34.5. The fourth-order valence-electron chi connectivity index (χ4n) is 4.79. The van der Waals surface area contributed by atoms with Crippen LogP contribution in [-0.2, 0) is 9.47 Å². The minimum absolute atomic E-state index is 0.487. The molecule has 0 unspecified atom stereocenters. The van der Waals surface area contributed by atoms with Crippen LogP contribution in [0.5, 0.6) is 0 Å². The van der Waals surface area contributed by atoms with Crippen LogP contribution in [0.3, 0.4) is 0 Å². The van der Waals surface area contributed by atoms with Crippen LogP contribution in [0.25, 0.3) is 0 Å². The highest BCUT2D eigenvalue weighted by Gasteiger charge is 2.03. The Morgan fingerprint density at radius 1 is 0.400 bits per heavy atom. The molecule has 0 rings (SSSR count). The summed E-state index contributed by atoms with van der Waals surface area (Å²) in [5, 5.41) is 0. The first kappa shape index (κ1) is 38.5. The molecule has 0 aromatic heterocycles. The molecule has 0 aliphatic carbocycles. The van der Waals surface area contributed by atoms with Crippen molar-refractivity contribution in [3.05, 3.63) is 36.5 Å². The molecule has 40 heavy (non-hydrogen) atoms. The standard InChI is InChI=1S/C37H68O3/c1-3-5-7-9-11-13-15-17-19-21-23-25-27-29-31-33-35-39-37(38)40-36-34-32-30-28-26-24-22-20-18-16-14-12-10-8-6-4-2/h11,13,17-20H,3-10,12,14-16,21-36H2,1-2H3/b13-11-,19-17-,20-18-. The average molecular weight is 561 g/mol. The highest BCUT2D eigenvalue weighted by atomic mass is 16.7. The van der Waals surface area contributed by atoms with E-state index in [1.807, 2.05) is 0 Å². The Balaban J connectivity index is 3.25. The zero-order valence-electron chi connectivity index (χ0n) is 27.0. The first-order chi connectivity index (χ1) is 19.8. The third-order valence-corrected chi connectivity index (χ3v) is 7.44. The molecule has 0 saturated heterocycles. The van der Waals surface area contributed by atoms with E-state index in [0.29, 0.717) is 13.2 Å². The molecule has 0 aliphatic heterocycles. The number of rotatable bonds is 31. The SMILES string of the molecule is CCCCC/C=C\C/C=C\CCCCCCCCOC(=O)OCCCCCCCC/C=C\CCCCCCCC. The maximum absolute atomic E-state index is 11.7. The second-order valence-corrected chi connectivity index (χ2v) is 11.5. The summed E-state index contributed by atoms with van der Waals surface area (Å²) in [4.78, 5) is 11.7. The summed E-state index contributed by atoms with van der Waals surface area (Å²) in [5.74, 6) is 0. The summed E-state index contributed by atoms with van der Waals surface area (Å²) in [6.07, 6.45) is 46.0. The molecule has 0 radical (unpaired) electrons. The van der Waals surface area contributed by atoms with E-state index in [4.69, 9.17) is 9.47 Å². The van der Waals surface area contributed by atoms with Gasteiger partial charge in [0.25, 0.3) is 0 Å². The van der Waals surface area contributed by atoms with Gasteiger partial charge in [-0.05, 0) is 70.6 Å². The second-order valence-electron chi connectivity index (χ2n) is 11.5. The van der Waals surface area contributed by atoms with Gasteiger partial charge < -0.3 is 9.47 Å². The summed E-state index contributed by atoms with van der Waals surface area (Å²) in [5.41, 5.74) is 0. The van der Waals surface area contributed by atoms with Crippen molar-refractivity contribution in [3.8, 4) is 0 Å². The minimum atomic E-state index is -0.490. The van der Waals surface area contributed by atoms with Gasteiger partial charge in [0.05, 0.1) is 13.2 Å². The van der Waals surface area contributed by atoms with Gasteiger partial charge in [-0.3, -0.25) is 0 Å². The lowest BCUT2D eigenvalue weighted by atomic mass is 10.1. The Hall–Kier alpha value is -1.51. The predicted octanol–water partition coefficient (Wildman–Crippen LogP) is 13.0. The molecule has 0 N–H and O–H groups in total. The van der Waals surface area contributed by atoms with Gasteiger partial charge in [0.2, 0.25) is 0 Å². The van der Waals surface area contributed by atoms with Crippen molar-refractivity contribution < 1.29 is 14.3 Å². The first-order valence-electron chi connectivity index (χ1n) is 17.6. The number of hydrogen-bond donors (Lipinski definition) is 0. The van der Waals surface area contributed by atoms with Crippen LogP contribution in [0.4, 0.5) is 4.79 Å². The summed E-state index contributed by atoms with van der Waals surface area (Å²) < 4.78 is 10.4. The Bertz CT molecular complexity index is 578. The quantitative estimate of drug-likeness (QED) is 0.0480. The molecule has 0 aliphatic rings. The second kappa shape index (κ2) is 35.5. The summed E-state index contributed by atoms with van der Waals surface area (Å²) in [6, 6.07) is 0. The van der Waals surface area contributed by atoms with Crippen molar-refractivity contribution in [2.45, 2.75) is 181 Å². The van der Waals surface area contributed by atoms with E-state index in [9.17, 15) is 4.79 Å². The molecule has 3 nitrogen and oxygen atoms in total. The number of allylic oxidation sites excluding steroid dienone is 6. The minimum Gasteiger partial charge on any atom is -0.434 e. The molecular weight excluding hydrogens is 492 g/mol. The Morgan fingerprint density at radius 3 is 1.12 bits per heavy atom. The fourth-order valence-corrected chi connectivity index (χ4v) is 4.79. The van der Waals surface area contributed by atoms with Gasteiger partial charge in [-0.15, -0.1) is 0 Å². The lowest BCUT2D eigenvalue weighted by Gasteiger charge is -2.06. The van der Waals surface area contributed by atoms with Gasteiger partial charge in [0, 0.05) is 0 Å². The van der Waals surface area contributed by atoms with E-state index in [0.717, 1.165) is 32.1 Å². The largest absolute Gasteiger partial charge is 0.508 e. The van der Waals surface area contributed by atoms with Crippen molar-refractivity contribution >= 4 is 6.16 Å². The van der Waals surface area contributed by atoms with E-state index in [1.54, 1.807) is 0 Å². The van der Waals surface area contributed by atoms with E-state index in [-0.39, 0.29) is 0 Å². The van der Waals surface area contributed by atoms with Crippen LogP contribution in [0.1, 0.15) is 181 Å². The van der Waals surface area contributed by atoms with Gasteiger partial charge in [-0.1, -0.05) is 147 Å². The molecule has 0 amide bonds. The van der Waals surface area contributed by atoms with Crippen molar-refractivity contribution in [1.82, 2.24) is 0 Å². The molecule has 0 spiro atoms. The molecule has 234 valence electrons. The lowest BCUT2D eigenvalue weighted by molar-refractivity contribution is 0.0529. The molecule has 0 atom stereocenters. The normalized spacial score (nSPS) is 11.8. The van der Waals surface area contributed by atoms with Crippen LogP contribution in [0, 0.1) is 0 Å². The molecule has 0 aromatic rings. The van der Waals surface area contributed by atoms with Gasteiger partial charge in [0.15, 0.2) is 0 Å². The van der Waals surface area contributed by atoms with Gasteiger partial charge in [-0.2, -0.15) is 0 Å². The smallest absolute Gasteiger partial charge is 0.434 e. The number of ether oxygens (including phenoxy) is 2. The molecule has 0 heterocycles. The topological polar surface area (TPSA) is 35.5 Å². The summed E-state index contributed by atoms with van der Waals surface area (Å²) >= 11 is 0. The summed E-state index contributed by atoms with van der Waals surface area (Å²) in [6.45, 7) is 5.50. The van der Waals surface area contributed by atoms with Gasteiger partial charge in [0.1, 0.15) is 0 Å². The number of hydrogen-bond acceptors (Lipinski definition) is 3. The van der Waals surface area contributed by atoms with E-state index >= 15 is 0 Å². The van der Waals surface area contributed by atoms with Crippen molar-refractivity contribution in [2.75, 3.05) is 13.2 Å². The van der Waals surface area contributed by atoms with Gasteiger partial charge in [-0.25, -0.2) is 4.79 Å². The van der Waals surface area contributed by atoms with Crippen LogP contribution in [0.15, 0.2) is 36.5 Å². The predicted molar refractivity (Wildman–Crippen MR) is 176 cm³/mol. The first-order valence-corrected chi connectivity index (χ1v) is 17.6. The molecule has 0 bridgehead atoms. The summed E-state index contributed by atoms with van der Waals surface area (Å²) in [7, 11) is 0. The maximum Gasteiger partial charge on any atom is 0.508 e. The van der Waals surface area contributed by atoms with Crippen LogP contribution < -0.4 is 0 Å². The van der Waals surface area contributed by atoms with Crippen molar-refractivity contribution in [2.24, 2.45) is 0 Å². The molecule has 0 aromatic carbocycles.